The molecule has 0 aliphatic rings. The van der Waals surface area contributed by atoms with Crippen molar-refractivity contribution in [3.8, 4) is 5.75 Å². The number of nitrogens with one attached hydrogen (secondary N) is 2. The van der Waals surface area contributed by atoms with E-state index in [1.54, 1.807) is 0 Å². The predicted octanol–water partition coefficient (Wildman–Crippen LogP) is 3.21. The fourth-order valence-electron chi connectivity index (χ4n) is 1.56. The number of carboxylic acid groups (broad SMARTS) is 1. The second kappa shape index (κ2) is 7.73. The topological polar surface area (TPSA) is 87.7 Å². The monoisotopic (exact) mass is 314 g/mol. The predicted molar refractivity (Wildman–Crippen MR) is 81.4 cm³/mol. The summed E-state index contributed by atoms with van der Waals surface area (Å²) in [5.41, 5.74) is 0.230. The second-order valence-corrected chi connectivity index (χ2v) is 5.09. The van der Waals surface area contributed by atoms with Crippen molar-refractivity contribution >= 4 is 29.3 Å². The third kappa shape index (κ3) is 4.82. The SMILES string of the molecule is CCC(C)CNC(=O)Nc1cc(OC)c(C(=O)O)cc1Cl. The molecule has 0 saturated heterocycles. The summed E-state index contributed by atoms with van der Waals surface area (Å²) in [6.07, 6.45) is 0.960. The van der Waals surface area contributed by atoms with Crippen LogP contribution in [0.25, 0.3) is 0 Å². The number of methoxy groups -OCH3 is 1. The molecule has 1 aromatic rings. The smallest absolute Gasteiger partial charge is 0.339 e. The summed E-state index contributed by atoms with van der Waals surface area (Å²) >= 11 is 5.98. The van der Waals surface area contributed by atoms with Crippen LogP contribution in [0.15, 0.2) is 12.1 Å². The quantitative estimate of drug-likeness (QED) is 0.752. The Kier molecular flexibility index (Phi) is 6.30. The van der Waals surface area contributed by atoms with Gasteiger partial charge in [-0.1, -0.05) is 31.9 Å². The van der Waals surface area contributed by atoms with Crippen LogP contribution in [0.3, 0.4) is 0 Å². The lowest BCUT2D eigenvalue weighted by molar-refractivity contribution is 0.0693. The van der Waals surface area contributed by atoms with Crippen LogP contribution < -0.4 is 15.4 Å². The van der Waals surface area contributed by atoms with Gasteiger partial charge in [0.15, 0.2) is 0 Å². The van der Waals surface area contributed by atoms with Gasteiger partial charge in [0, 0.05) is 12.6 Å². The molecule has 2 amide bonds. The number of amides is 2. The molecular weight excluding hydrogens is 296 g/mol. The molecule has 0 fully saturated rings. The molecule has 0 aliphatic heterocycles. The van der Waals surface area contributed by atoms with Crippen molar-refractivity contribution in [2.24, 2.45) is 5.92 Å². The van der Waals surface area contributed by atoms with Crippen LogP contribution in [0, 0.1) is 5.92 Å². The van der Waals surface area contributed by atoms with Gasteiger partial charge in [0.25, 0.3) is 0 Å². The highest BCUT2D eigenvalue weighted by molar-refractivity contribution is 6.34. The first-order valence-electron chi connectivity index (χ1n) is 6.54. The first-order chi connectivity index (χ1) is 9.88. The lowest BCUT2D eigenvalue weighted by Crippen LogP contribution is -2.32. The Morgan fingerprint density at radius 2 is 2.10 bits per heavy atom. The molecule has 1 atom stereocenters. The largest absolute Gasteiger partial charge is 0.496 e. The standard InChI is InChI=1S/C14H19ClN2O4/c1-4-8(2)7-16-14(20)17-11-6-12(21-3)9(13(18)19)5-10(11)15/h5-6,8H,4,7H2,1-3H3,(H,18,19)(H2,16,17,20). The molecule has 0 bridgehead atoms. The zero-order valence-electron chi connectivity index (χ0n) is 12.2. The Labute approximate surface area is 128 Å². The van der Waals surface area contributed by atoms with Crippen LogP contribution in [0.2, 0.25) is 5.02 Å². The minimum absolute atomic E-state index is 0.0620. The fourth-order valence-corrected chi connectivity index (χ4v) is 1.77. The van der Waals surface area contributed by atoms with E-state index >= 15 is 0 Å². The third-order valence-electron chi connectivity index (χ3n) is 3.08. The molecule has 0 heterocycles. The van der Waals surface area contributed by atoms with Gasteiger partial charge in [-0.15, -0.1) is 0 Å². The summed E-state index contributed by atoms with van der Waals surface area (Å²) in [5, 5.41) is 14.5. The minimum Gasteiger partial charge on any atom is -0.496 e. The average molecular weight is 315 g/mol. The Morgan fingerprint density at radius 3 is 2.62 bits per heavy atom. The number of hydrogen-bond acceptors (Lipinski definition) is 3. The summed E-state index contributed by atoms with van der Waals surface area (Å²) in [6.45, 7) is 4.61. The highest BCUT2D eigenvalue weighted by Gasteiger charge is 2.16. The molecule has 0 aliphatic carbocycles. The van der Waals surface area contributed by atoms with Gasteiger partial charge < -0.3 is 20.5 Å². The number of anilines is 1. The Bertz CT molecular complexity index is 534. The van der Waals surface area contributed by atoms with Crippen LogP contribution in [0.1, 0.15) is 30.6 Å². The number of carbonyl (C=O) groups excluding carboxylic acids is 1. The number of aromatic carboxylic acids is 1. The van der Waals surface area contributed by atoms with Gasteiger partial charge in [0.1, 0.15) is 11.3 Å². The summed E-state index contributed by atoms with van der Waals surface area (Å²) in [6, 6.07) is 2.23. The van der Waals surface area contributed by atoms with Crippen molar-refractivity contribution in [2.75, 3.05) is 19.0 Å². The van der Waals surface area contributed by atoms with Crippen molar-refractivity contribution in [3.05, 3.63) is 22.7 Å². The highest BCUT2D eigenvalue weighted by atomic mass is 35.5. The molecule has 21 heavy (non-hydrogen) atoms. The molecule has 116 valence electrons. The molecule has 0 radical (unpaired) electrons. The highest BCUT2D eigenvalue weighted by Crippen LogP contribution is 2.30. The third-order valence-corrected chi connectivity index (χ3v) is 3.39. The van der Waals surface area contributed by atoms with E-state index < -0.39 is 12.0 Å². The van der Waals surface area contributed by atoms with Gasteiger partial charge in [-0.05, 0) is 12.0 Å². The van der Waals surface area contributed by atoms with Gasteiger partial charge >= 0.3 is 12.0 Å². The number of urea groups is 1. The van der Waals surface area contributed by atoms with Crippen molar-refractivity contribution in [1.29, 1.82) is 0 Å². The summed E-state index contributed by atoms with van der Waals surface area (Å²) < 4.78 is 4.99. The molecule has 1 unspecified atom stereocenters. The molecule has 3 N–H and O–H groups in total. The number of rotatable bonds is 6. The number of carbonyl (C=O) groups is 2. The lowest BCUT2D eigenvalue weighted by atomic mass is 10.1. The molecule has 0 saturated carbocycles. The summed E-state index contributed by atoms with van der Waals surface area (Å²) in [4.78, 5) is 22.8. The maximum absolute atomic E-state index is 11.8. The molecule has 0 aromatic heterocycles. The van der Waals surface area contributed by atoms with Crippen LogP contribution in [-0.4, -0.2) is 30.8 Å². The summed E-state index contributed by atoms with van der Waals surface area (Å²) in [5.74, 6) is -0.652. The van der Waals surface area contributed by atoms with Crippen LogP contribution in [0.4, 0.5) is 10.5 Å². The number of ether oxygens (including phenoxy) is 1. The normalized spacial score (nSPS) is 11.6. The molecule has 1 aromatic carbocycles. The Morgan fingerprint density at radius 1 is 1.43 bits per heavy atom. The van der Waals surface area contributed by atoms with Crippen LogP contribution in [-0.2, 0) is 0 Å². The van der Waals surface area contributed by atoms with Crippen molar-refractivity contribution in [3.63, 3.8) is 0 Å². The number of hydrogen-bond donors (Lipinski definition) is 3. The van der Waals surface area contributed by atoms with E-state index in [9.17, 15) is 9.59 Å². The van der Waals surface area contributed by atoms with Gasteiger partial charge in [-0.3, -0.25) is 0 Å². The van der Waals surface area contributed by atoms with E-state index in [0.717, 1.165) is 6.42 Å². The Balaban J connectivity index is 2.84. The maximum atomic E-state index is 11.8. The van der Waals surface area contributed by atoms with E-state index in [1.165, 1.54) is 19.2 Å². The molecular formula is C14H19ClN2O4. The fraction of sp³-hybridized carbons (Fsp3) is 0.429. The zero-order valence-corrected chi connectivity index (χ0v) is 13.0. The number of halogens is 1. The average Bonchev–Trinajstić information content (AvgIpc) is 2.46. The lowest BCUT2D eigenvalue weighted by Gasteiger charge is -2.14. The van der Waals surface area contributed by atoms with Crippen molar-refractivity contribution in [1.82, 2.24) is 5.32 Å². The number of benzene rings is 1. The van der Waals surface area contributed by atoms with Crippen LogP contribution in [0.5, 0.6) is 5.75 Å². The maximum Gasteiger partial charge on any atom is 0.339 e. The number of carboxylic acids is 1. The van der Waals surface area contributed by atoms with Gasteiger partial charge in [-0.2, -0.15) is 0 Å². The molecule has 6 nitrogen and oxygen atoms in total. The second-order valence-electron chi connectivity index (χ2n) is 4.69. The first kappa shape index (κ1) is 17.1. The van der Waals surface area contributed by atoms with E-state index in [-0.39, 0.29) is 16.3 Å². The first-order valence-corrected chi connectivity index (χ1v) is 6.92. The van der Waals surface area contributed by atoms with Crippen molar-refractivity contribution in [2.45, 2.75) is 20.3 Å². The Hall–Kier alpha value is -1.95. The summed E-state index contributed by atoms with van der Waals surface area (Å²) in [7, 11) is 1.35. The molecule has 1 rings (SSSR count). The van der Waals surface area contributed by atoms with Crippen molar-refractivity contribution < 1.29 is 19.4 Å². The van der Waals surface area contributed by atoms with Gasteiger partial charge in [0.2, 0.25) is 0 Å². The minimum atomic E-state index is -1.15. The molecule has 0 spiro atoms. The van der Waals surface area contributed by atoms with E-state index in [0.29, 0.717) is 18.2 Å². The van der Waals surface area contributed by atoms with E-state index in [1.807, 2.05) is 13.8 Å². The van der Waals surface area contributed by atoms with Crippen LogP contribution >= 0.6 is 11.6 Å². The zero-order chi connectivity index (χ0) is 16.0. The van der Waals surface area contributed by atoms with E-state index in [2.05, 4.69) is 10.6 Å². The van der Waals surface area contributed by atoms with E-state index in [4.69, 9.17) is 21.4 Å². The van der Waals surface area contributed by atoms with Gasteiger partial charge in [0.05, 0.1) is 17.8 Å². The molecule has 7 heteroatoms. The van der Waals surface area contributed by atoms with Gasteiger partial charge in [-0.25, -0.2) is 9.59 Å².